The lowest BCUT2D eigenvalue weighted by Gasteiger charge is -2.15. The van der Waals surface area contributed by atoms with Gasteiger partial charge in [0.1, 0.15) is 11.5 Å². The number of carbonyl (C=O) groups excluding carboxylic acids is 1. The zero-order valence-electron chi connectivity index (χ0n) is 19.3. The van der Waals surface area contributed by atoms with Crippen LogP contribution in [0.3, 0.4) is 0 Å². The van der Waals surface area contributed by atoms with E-state index in [0.29, 0.717) is 36.2 Å². The molecule has 1 heterocycles. The minimum Gasteiger partial charge on any atom is -0.497 e. The Balaban J connectivity index is 1.54. The standard InChI is InChI=1S/C27H28N4O3/c1-3-34-25-11-7-6-10-24(25)30-27(31-26(32)19-12-14-21(33-2)15-13-19)28-17-16-20-18-29-23-9-5-4-8-22(20)23/h4-15,18,29H,3,16-17H2,1-2H3,(H2,28,30,31,32). The smallest absolute Gasteiger partial charge is 0.257 e. The molecule has 1 aromatic heterocycles. The van der Waals surface area contributed by atoms with Gasteiger partial charge in [-0.2, -0.15) is 0 Å². The minimum atomic E-state index is -0.269. The van der Waals surface area contributed by atoms with Gasteiger partial charge in [0.05, 0.1) is 19.4 Å². The number of carbonyl (C=O) groups is 1. The van der Waals surface area contributed by atoms with Gasteiger partial charge in [0.15, 0.2) is 0 Å². The lowest BCUT2D eigenvalue weighted by atomic mass is 10.1. The Labute approximate surface area is 198 Å². The number of methoxy groups -OCH3 is 1. The van der Waals surface area contributed by atoms with Crippen molar-refractivity contribution in [1.82, 2.24) is 10.3 Å². The molecule has 34 heavy (non-hydrogen) atoms. The second-order valence-corrected chi connectivity index (χ2v) is 7.58. The normalized spacial score (nSPS) is 11.3. The summed E-state index contributed by atoms with van der Waals surface area (Å²) < 4.78 is 10.9. The summed E-state index contributed by atoms with van der Waals surface area (Å²) in [5, 5.41) is 7.31. The first-order valence-electron chi connectivity index (χ1n) is 11.2. The molecule has 0 unspecified atom stereocenters. The highest BCUT2D eigenvalue weighted by Gasteiger charge is 2.12. The third-order valence-corrected chi connectivity index (χ3v) is 5.35. The molecular weight excluding hydrogens is 428 g/mol. The summed E-state index contributed by atoms with van der Waals surface area (Å²) in [7, 11) is 1.59. The fourth-order valence-electron chi connectivity index (χ4n) is 3.64. The molecule has 0 fully saturated rings. The van der Waals surface area contributed by atoms with Crippen LogP contribution < -0.4 is 20.1 Å². The van der Waals surface area contributed by atoms with E-state index in [1.165, 1.54) is 10.9 Å². The molecule has 7 heteroatoms. The number of ether oxygens (including phenoxy) is 2. The summed E-state index contributed by atoms with van der Waals surface area (Å²) in [5.41, 5.74) is 3.50. The van der Waals surface area contributed by atoms with Crippen LogP contribution in [0.2, 0.25) is 0 Å². The van der Waals surface area contributed by atoms with E-state index in [1.807, 2.05) is 49.5 Å². The maximum atomic E-state index is 12.9. The molecule has 0 radical (unpaired) electrons. The van der Waals surface area contributed by atoms with Crippen molar-refractivity contribution in [1.29, 1.82) is 0 Å². The first-order valence-corrected chi connectivity index (χ1v) is 11.2. The second-order valence-electron chi connectivity index (χ2n) is 7.58. The van der Waals surface area contributed by atoms with Gasteiger partial charge in [-0.15, -0.1) is 0 Å². The largest absolute Gasteiger partial charge is 0.497 e. The van der Waals surface area contributed by atoms with Gasteiger partial charge in [-0.25, -0.2) is 0 Å². The van der Waals surface area contributed by atoms with Crippen LogP contribution >= 0.6 is 0 Å². The number of amides is 1. The molecule has 0 saturated heterocycles. The third kappa shape index (κ3) is 5.56. The van der Waals surface area contributed by atoms with E-state index in [9.17, 15) is 4.79 Å². The van der Waals surface area contributed by atoms with E-state index < -0.39 is 0 Å². The second kappa shape index (κ2) is 11.0. The van der Waals surface area contributed by atoms with Gasteiger partial charge in [-0.05, 0) is 61.4 Å². The molecule has 7 nitrogen and oxygen atoms in total. The number of para-hydroxylation sites is 3. The number of H-pyrrole nitrogens is 1. The SMILES string of the molecule is CCOc1ccccc1NC(=NCCc1c[nH]c2ccccc12)NC(=O)c1ccc(OC)cc1. The van der Waals surface area contributed by atoms with E-state index in [1.54, 1.807) is 31.4 Å². The van der Waals surface area contributed by atoms with E-state index in [4.69, 9.17) is 9.47 Å². The predicted molar refractivity (Wildman–Crippen MR) is 136 cm³/mol. The first-order chi connectivity index (χ1) is 16.7. The molecule has 0 aliphatic heterocycles. The summed E-state index contributed by atoms with van der Waals surface area (Å²) >= 11 is 0. The fourth-order valence-corrected chi connectivity index (χ4v) is 3.64. The van der Waals surface area contributed by atoms with Gasteiger partial charge in [-0.3, -0.25) is 15.1 Å². The van der Waals surface area contributed by atoms with Crippen molar-refractivity contribution in [2.24, 2.45) is 4.99 Å². The van der Waals surface area contributed by atoms with Gasteiger partial charge in [0, 0.05) is 29.2 Å². The van der Waals surface area contributed by atoms with Crippen molar-refractivity contribution in [2.45, 2.75) is 13.3 Å². The Bertz CT molecular complexity index is 1280. The Morgan fingerprint density at radius 2 is 1.76 bits per heavy atom. The average molecular weight is 457 g/mol. The Morgan fingerprint density at radius 1 is 1.00 bits per heavy atom. The van der Waals surface area contributed by atoms with Crippen LogP contribution in [0.5, 0.6) is 11.5 Å². The molecule has 0 aliphatic carbocycles. The lowest BCUT2D eigenvalue weighted by Crippen LogP contribution is -2.36. The number of guanidine groups is 1. The van der Waals surface area contributed by atoms with Gasteiger partial charge in [0.25, 0.3) is 5.91 Å². The first kappa shape index (κ1) is 22.9. The average Bonchev–Trinajstić information content (AvgIpc) is 3.28. The number of rotatable bonds is 8. The Morgan fingerprint density at radius 3 is 2.56 bits per heavy atom. The van der Waals surface area contributed by atoms with Crippen molar-refractivity contribution in [3.63, 3.8) is 0 Å². The number of hydrogen-bond donors (Lipinski definition) is 3. The van der Waals surface area contributed by atoms with Crippen LogP contribution in [-0.4, -0.2) is 37.1 Å². The number of anilines is 1. The van der Waals surface area contributed by atoms with Crippen molar-refractivity contribution < 1.29 is 14.3 Å². The van der Waals surface area contributed by atoms with E-state index in [0.717, 1.165) is 17.6 Å². The summed E-state index contributed by atoms with van der Waals surface area (Å²) in [5.74, 6) is 1.46. The molecule has 0 atom stereocenters. The number of hydrogen-bond acceptors (Lipinski definition) is 4. The van der Waals surface area contributed by atoms with Crippen LogP contribution in [0.4, 0.5) is 5.69 Å². The zero-order chi connectivity index (χ0) is 23.8. The van der Waals surface area contributed by atoms with Gasteiger partial charge >= 0.3 is 0 Å². The van der Waals surface area contributed by atoms with Gasteiger partial charge in [0.2, 0.25) is 5.96 Å². The highest BCUT2D eigenvalue weighted by atomic mass is 16.5. The number of aromatic amines is 1. The number of aromatic nitrogens is 1. The Kier molecular flexibility index (Phi) is 7.45. The number of benzene rings is 3. The van der Waals surface area contributed by atoms with E-state index in [2.05, 4.69) is 32.7 Å². The summed E-state index contributed by atoms with van der Waals surface area (Å²) in [6.07, 6.45) is 2.73. The van der Waals surface area contributed by atoms with Gasteiger partial charge in [-0.1, -0.05) is 30.3 Å². The molecule has 3 aromatic carbocycles. The molecule has 4 rings (SSSR count). The molecule has 4 aromatic rings. The zero-order valence-corrected chi connectivity index (χ0v) is 19.3. The monoisotopic (exact) mass is 456 g/mol. The maximum absolute atomic E-state index is 12.9. The molecule has 174 valence electrons. The highest BCUT2D eigenvalue weighted by molar-refractivity contribution is 6.10. The lowest BCUT2D eigenvalue weighted by molar-refractivity contribution is 0.0977. The number of fused-ring (bicyclic) bond motifs is 1. The van der Waals surface area contributed by atoms with Crippen molar-refractivity contribution in [2.75, 3.05) is 25.6 Å². The molecule has 1 amide bonds. The number of nitrogens with zero attached hydrogens (tertiary/aromatic N) is 1. The fraction of sp³-hybridized carbons (Fsp3) is 0.185. The minimum absolute atomic E-state index is 0.269. The molecular formula is C27H28N4O3. The molecule has 0 saturated carbocycles. The molecule has 0 bridgehead atoms. The quantitative estimate of drug-likeness (QED) is 0.257. The van der Waals surface area contributed by atoms with Crippen LogP contribution in [-0.2, 0) is 6.42 Å². The van der Waals surface area contributed by atoms with E-state index >= 15 is 0 Å². The predicted octanol–water partition coefficient (Wildman–Crippen LogP) is 5.02. The maximum Gasteiger partial charge on any atom is 0.257 e. The van der Waals surface area contributed by atoms with Crippen molar-refractivity contribution in [3.05, 3.63) is 90.1 Å². The van der Waals surface area contributed by atoms with Crippen LogP contribution in [0, 0.1) is 0 Å². The third-order valence-electron chi connectivity index (χ3n) is 5.35. The summed E-state index contributed by atoms with van der Waals surface area (Å²) in [6.45, 7) is 2.95. The van der Waals surface area contributed by atoms with Crippen LogP contribution in [0.15, 0.2) is 84.0 Å². The molecule has 0 spiro atoms. The Hall–Kier alpha value is -4.26. The van der Waals surface area contributed by atoms with Crippen molar-refractivity contribution in [3.8, 4) is 11.5 Å². The number of nitrogens with one attached hydrogen (secondary N) is 3. The topological polar surface area (TPSA) is 87.7 Å². The summed E-state index contributed by atoms with van der Waals surface area (Å²) in [4.78, 5) is 20.9. The van der Waals surface area contributed by atoms with E-state index in [-0.39, 0.29) is 5.91 Å². The van der Waals surface area contributed by atoms with Crippen LogP contribution in [0.1, 0.15) is 22.8 Å². The summed E-state index contributed by atoms with van der Waals surface area (Å²) in [6, 6.07) is 22.7. The molecule has 3 N–H and O–H groups in total. The van der Waals surface area contributed by atoms with Crippen LogP contribution in [0.25, 0.3) is 10.9 Å². The van der Waals surface area contributed by atoms with Gasteiger partial charge < -0.3 is 19.8 Å². The highest BCUT2D eigenvalue weighted by Crippen LogP contribution is 2.24. The molecule has 0 aliphatic rings. The van der Waals surface area contributed by atoms with Crippen molar-refractivity contribution >= 4 is 28.5 Å². The number of aliphatic imine (C=N–C) groups is 1.